The average molecular weight is 253 g/mol. The summed E-state index contributed by atoms with van der Waals surface area (Å²) in [7, 11) is 0. The summed E-state index contributed by atoms with van der Waals surface area (Å²) >= 11 is 5.87. The number of hydrogen-bond donors (Lipinski definition) is 2. The first-order valence-electron chi connectivity index (χ1n) is 5.99. The summed E-state index contributed by atoms with van der Waals surface area (Å²) in [4.78, 5) is 12.1. The Morgan fingerprint density at radius 1 is 1.35 bits per heavy atom. The SMILES string of the molecule is N[C@H]1CCCC[C@H]1C(=O)Nc1cccc(Cl)c1. The van der Waals surface area contributed by atoms with Crippen LogP contribution in [0.2, 0.25) is 5.02 Å². The third-order valence-corrected chi connectivity index (χ3v) is 3.48. The molecule has 0 unspecified atom stereocenters. The quantitative estimate of drug-likeness (QED) is 0.850. The fourth-order valence-electron chi connectivity index (χ4n) is 2.29. The largest absolute Gasteiger partial charge is 0.327 e. The number of amides is 1. The summed E-state index contributed by atoms with van der Waals surface area (Å²) in [6.07, 6.45) is 4.03. The summed E-state index contributed by atoms with van der Waals surface area (Å²) in [5.41, 5.74) is 6.71. The summed E-state index contributed by atoms with van der Waals surface area (Å²) in [5, 5.41) is 3.50. The van der Waals surface area contributed by atoms with Gasteiger partial charge in [0.25, 0.3) is 0 Å². The van der Waals surface area contributed by atoms with Gasteiger partial charge in [-0.25, -0.2) is 0 Å². The van der Waals surface area contributed by atoms with Crippen molar-refractivity contribution in [2.24, 2.45) is 11.7 Å². The maximum atomic E-state index is 12.1. The first-order valence-corrected chi connectivity index (χ1v) is 6.36. The van der Waals surface area contributed by atoms with Crippen LogP contribution in [0, 0.1) is 5.92 Å². The molecule has 1 amide bonds. The van der Waals surface area contributed by atoms with Gasteiger partial charge in [-0.05, 0) is 31.0 Å². The van der Waals surface area contributed by atoms with E-state index < -0.39 is 0 Å². The molecule has 0 heterocycles. The van der Waals surface area contributed by atoms with Crippen molar-refractivity contribution in [2.75, 3.05) is 5.32 Å². The molecule has 1 aromatic carbocycles. The minimum atomic E-state index is -0.0669. The maximum Gasteiger partial charge on any atom is 0.229 e. The molecule has 1 aromatic rings. The van der Waals surface area contributed by atoms with Gasteiger partial charge in [0.05, 0.1) is 5.92 Å². The minimum absolute atomic E-state index is 0.0112. The van der Waals surface area contributed by atoms with Gasteiger partial charge in [0.15, 0.2) is 0 Å². The van der Waals surface area contributed by atoms with Crippen molar-refractivity contribution in [2.45, 2.75) is 31.7 Å². The zero-order valence-electron chi connectivity index (χ0n) is 9.66. The molecule has 17 heavy (non-hydrogen) atoms. The highest BCUT2D eigenvalue weighted by Gasteiger charge is 2.28. The van der Waals surface area contributed by atoms with E-state index in [1.165, 1.54) is 0 Å². The van der Waals surface area contributed by atoms with Gasteiger partial charge < -0.3 is 11.1 Å². The van der Waals surface area contributed by atoms with Gasteiger partial charge in [0.2, 0.25) is 5.91 Å². The van der Waals surface area contributed by atoms with Gasteiger partial charge in [-0.3, -0.25) is 4.79 Å². The van der Waals surface area contributed by atoms with Gasteiger partial charge in [-0.2, -0.15) is 0 Å². The third kappa shape index (κ3) is 3.20. The second kappa shape index (κ2) is 5.52. The Hall–Kier alpha value is -1.06. The van der Waals surface area contributed by atoms with E-state index in [-0.39, 0.29) is 17.9 Å². The van der Waals surface area contributed by atoms with Crippen LogP contribution in [0.4, 0.5) is 5.69 Å². The normalized spacial score (nSPS) is 24.4. The molecule has 1 fully saturated rings. The molecule has 92 valence electrons. The molecule has 0 bridgehead atoms. The Kier molecular flexibility index (Phi) is 4.02. The fourth-order valence-corrected chi connectivity index (χ4v) is 2.48. The van der Waals surface area contributed by atoms with Gasteiger partial charge in [-0.15, -0.1) is 0 Å². The van der Waals surface area contributed by atoms with Crippen LogP contribution in [0.25, 0.3) is 0 Å². The van der Waals surface area contributed by atoms with Crippen molar-refractivity contribution in [1.82, 2.24) is 0 Å². The Morgan fingerprint density at radius 2 is 2.12 bits per heavy atom. The molecule has 1 aliphatic rings. The van der Waals surface area contributed by atoms with E-state index in [0.717, 1.165) is 31.4 Å². The van der Waals surface area contributed by atoms with Crippen molar-refractivity contribution in [3.63, 3.8) is 0 Å². The lowest BCUT2D eigenvalue weighted by Crippen LogP contribution is -2.40. The van der Waals surface area contributed by atoms with E-state index in [4.69, 9.17) is 17.3 Å². The maximum absolute atomic E-state index is 12.1. The van der Waals surface area contributed by atoms with Crippen LogP contribution in [-0.2, 0) is 4.79 Å². The highest BCUT2D eigenvalue weighted by atomic mass is 35.5. The first-order chi connectivity index (χ1) is 8.16. The van der Waals surface area contributed by atoms with Crippen molar-refractivity contribution in [3.05, 3.63) is 29.3 Å². The summed E-state index contributed by atoms with van der Waals surface area (Å²) in [6, 6.07) is 7.16. The molecule has 0 aliphatic heterocycles. The smallest absolute Gasteiger partial charge is 0.229 e. The summed E-state index contributed by atoms with van der Waals surface area (Å²) in [5.74, 6) is -0.0535. The van der Waals surface area contributed by atoms with Crippen molar-refractivity contribution >= 4 is 23.2 Å². The molecule has 1 aliphatic carbocycles. The van der Waals surface area contributed by atoms with E-state index >= 15 is 0 Å². The van der Waals surface area contributed by atoms with Crippen LogP contribution < -0.4 is 11.1 Å². The molecule has 0 spiro atoms. The van der Waals surface area contributed by atoms with Crippen molar-refractivity contribution in [3.8, 4) is 0 Å². The molecule has 3 nitrogen and oxygen atoms in total. The number of nitrogens with one attached hydrogen (secondary N) is 1. The molecule has 1 saturated carbocycles. The zero-order valence-corrected chi connectivity index (χ0v) is 10.4. The van der Waals surface area contributed by atoms with Gasteiger partial charge >= 0.3 is 0 Å². The number of nitrogens with two attached hydrogens (primary N) is 1. The number of anilines is 1. The zero-order chi connectivity index (χ0) is 12.3. The Balaban J connectivity index is 2.01. The van der Waals surface area contributed by atoms with Crippen molar-refractivity contribution in [1.29, 1.82) is 0 Å². The summed E-state index contributed by atoms with van der Waals surface area (Å²) < 4.78 is 0. The van der Waals surface area contributed by atoms with E-state index in [9.17, 15) is 4.79 Å². The number of rotatable bonds is 2. The minimum Gasteiger partial charge on any atom is -0.327 e. The molecule has 0 aromatic heterocycles. The average Bonchev–Trinajstić information content (AvgIpc) is 2.29. The lowest BCUT2D eigenvalue weighted by Gasteiger charge is -2.27. The van der Waals surface area contributed by atoms with Crippen LogP contribution in [0.3, 0.4) is 0 Å². The van der Waals surface area contributed by atoms with Crippen molar-refractivity contribution < 1.29 is 4.79 Å². The predicted octanol–water partition coefficient (Wildman–Crippen LogP) is 2.80. The van der Waals surface area contributed by atoms with E-state index in [2.05, 4.69) is 5.32 Å². The Bertz CT molecular complexity index is 408. The lowest BCUT2D eigenvalue weighted by atomic mass is 9.84. The molecule has 2 atom stereocenters. The summed E-state index contributed by atoms with van der Waals surface area (Å²) in [6.45, 7) is 0. The third-order valence-electron chi connectivity index (χ3n) is 3.25. The number of hydrogen-bond acceptors (Lipinski definition) is 2. The number of halogens is 1. The van der Waals surface area contributed by atoms with E-state index in [1.807, 2.05) is 12.1 Å². The van der Waals surface area contributed by atoms with E-state index in [0.29, 0.717) is 5.02 Å². The van der Waals surface area contributed by atoms with Gasteiger partial charge in [-0.1, -0.05) is 30.5 Å². The number of carbonyl (C=O) groups excluding carboxylic acids is 1. The number of carbonyl (C=O) groups is 1. The Morgan fingerprint density at radius 3 is 2.82 bits per heavy atom. The number of benzene rings is 1. The monoisotopic (exact) mass is 252 g/mol. The topological polar surface area (TPSA) is 55.1 Å². The lowest BCUT2D eigenvalue weighted by molar-refractivity contribution is -0.121. The highest BCUT2D eigenvalue weighted by Crippen LogP contribution is 2.24. The standard InChI is InChI=1S/C13H17ClN2O/c14-9-4-3-5-10(8-9)16-13(17)11-6-1-2-7-12(11)15/h3-5,8,11-12H,1-2,6-7,15H2,(H,16,17)/t11-,12+/m1/s1. The van der Waals surface area contributed by atoms with Crippen LogP contribution in [0.15, 0.2) is 24.3 Å². The molecular weight excluding hydrogens is 236 g/mol. The van der Waals surface area contributed by atoms with Crippen LogP contribution in [0.5, 0.6) is 0 Å². The van der Waals surface area contributed by atoms with Gasteiger partial charge in [0, 0.05) is 16.8 Å². The van der Waals surface area contributed by atoms with Gasteiger partial charge in [0.1, 0.15) is 0 Å². The molecule has 2 rings (SSSR count). The fraction of sp³-hybridized carbons (Fsp3) is 0.462. The molecular formula is C13H17ClN2O. The molecule has 0 saturated heterocycles. The molecule has 3 N–H and O–H groups in total. The first kappa shape index (κ1) is 12.4. The van der Waals surface area contributed by atoms with Crippen LogP contribution in [0.1, 0.15) is 25.7 Å². The molecule has 4 heteroatoms. The van der Waals surface area contributed by atoms with E-state index in [1.54, 1.807) is 12.1 Å². The van der Waals surface area contributed by atoms with Crippen LogP contribution in [-0.4, -0.2) is 11.9 Å². The second-order valence-electron chi connectivity index (χ2n) is 4.55. The predicted molar refractivity (Wildman–Crippen MR) is 70.0 cm³/mol. The second-order valence-corrected chi connectivity index (χ2v) is 4.99. The Labute approximate surface area is 106 Å². The highest BCUT2D eigenvalue weighted by molar-refractivity contribution is 6.30. The molecule has 0 radical (unpaired) electrons. The van der Waals surface area contributed by atoms with Crippen LogP contribution >= 0.6 is 11.6 Å².